The summed E-state index contributed by atoms with van der Waals surface area (Å²) >= 11 is 1.75. The molecule has 0 aromatic carbocycles. The molecule has 86 valence electrons. The maximum absolute atomic E-state index is 5.50. The number of rotatable bonds is 5. The van der Waals surface area contributed by atoms with E-state index in [1.54, 1.807) is 11.3 Å². The van der Waals surface area contributed by atoms with E-state index in [9.17, 15) is 0 Å². The molecule has 0 aliphatic rings. The lowest BCUT2D eigenvalue weighted by Gasteiger charge is -2.14. The normalized spacial score (nSPS) is 12.9. The minimum absolute atomic E-state index is 0.418. The van der Waals surface area contributed by atoms with Crippen molar-refractivity contribution in [2.24, 2.45) is 5.73 Å². The topological polar surface area (TPSA) is 50.9 Å². The SMILES string of the molecule is CC(CCCN)Nc1nccc2sccc12. The molecule has 1 atom stereocenters. The molecule has 0 amide bonds. The number of nitrogens with two attached hydrogens (primary N) is 1. The average molecular weight is 235 g/mol. The van der Waals surface area contributed by atoms with E-state index in [2.05, 4.69) is 34.7 Å². The molecule has 4 heteroatoms. The summed E-state index contributed by atoms with van der Waals surface area (Å²) in [5.74, 6) is 0.989. The number of nitrogens with zero attached hydrogens (tertiary/aromatic N) is 1. The van der Waals surface area contributed by atoms with Gasteiger partial charge in [-0.1, -0.05) is 0 Å². The third-order valence-electron chi connectivity index (χ3n) is 2.60. The second-order valence-electron chi connectivity index (χ2n) is 3.97. The van der Waals surface area contributed by atoms with Gasteiger partial charge in [0.25, 0.3) is 0 Å². The van der Waals surface area contributed by atoms with Gasteiger partial charge in [0.2, 0.25) is 0 Å². The quantitative estimate of drug-likeness (QED) is 0.838. The van der Waals surface area contributed by atoms with Gasteiger partial charge in [-0.05, 0) is 43.8 Å². The minimum Gasteiger partial charge on any atom is -0.367 e. The maximum Gasteiger partial charge on any atom is 0.134 e. The van der Waals surface area contributed by atoms with Gasteiger partial charge in [0.1, 0.15) is 5.82 Å². The van der Waals surface area contributed by atoms with Crippen LogP contribution in [0.5, 0.6) is 0 Å². The Morgan fingerprint density at radius 3 is 3.19 bits per heavy atom. The first kappa shape index (κ1) is 11.4. The van der Waals surface area contributed by atoms with Crippen LogP contribution in [-0.4, -0.2) is 17.6 Å². The molecule has 0 aliphatic carbocycles. The molecule has 0 bridgehead atoms. The number of thiophene rings is 1. The van der Waals surface area contributed by atoms with Crippen molar-refractivity contribution in [3.63, 3.8) is 0 Å². The Kier molecular flexibility index (Phi) is 3.74. The zero-order chi connectivity index (χ0) is 11.4. The number of anilines is 1. The summed E-state index contributed by atoms with van der Waals surface area (Å²) in [5, 5.41) is 6.76. The molecular formula is C12H17N3S. The molecule has 2 rings (SSSR count). The van der Waals surface area contributed by atoms with Gasteiger partial charge in [-0.3, -0.25) is 0 Å². The highest BCUT2D eigenvalue weighted by Crippen LogP contribution is 2.26. The lowest BCUT2D eigenvalue weighted by Crippen LogP contribution is -2.17. The molecule has 3 N–H and O–H groups in total. The van der Waals surface area contributed by atoms with Crippen molar-refractivity contribution in [3.8, 4) is 0 Å². The highest BCUT2D eigenvalue weighted by atomic mass is 32.1. The Balaban J connectivity index is 2.11. The first-order valence-corrected chi connectivity index (χ1v) is 6.48. The van der Waals surface area contributed by atoms with Crippen molar-refractivity contribution in [2.45, 2.75) is 25.8 Å². The molecule has 0 fully saturated rings. The predicted molar refractivity (Wildman–Crippen MR) is 71.0 cm³/mol. The van der Waals surface area contributed by atoms with Crippen LogP contribution in [-0.2, 0) is 0 Å². The minimum atomic E-state index is 0.418. The first-order chi connectivity index (χ1) is 7.81. The van der Waals surface area contributed by atoms with Crippen LogP contribution in [0.1, 0.15) is 19.8 Å². The van der Waals surface area contributed by atoms with Gasteiger partial charge in [-0.2, -0.15) is 0 Å². The molecule has 0 aliphatic heterocycles. The first-order valence-electron chi connectivity index (χ1n) is 5.60. The van der Waals surface area contributed by atoms with E-state index in [4.69, 9.17) is 5.73 Å². The van der Waals surface area contributed by atoms with Crippen LogP contribution in [0.2, 0.25) is 0 Å². The summed E-state index contributed by atoms with van der Waals surface area (Å²) in [6.07, 6.45) is 3.99. The second kappa shape index (κ2) is 5.27. The predicted octanol–water partition coefficient (Wildman–Crippen LogP) is 2.84. The molecule has 0 spiro atoms. The van der Waals surface area contributed by atoms with Gasteiger partial charge >= 0.3 is 0 Å². The van der Waals surface area contributed by atoms with E-state index in [0.29, 0.717) is 6.04 Å². The fourth-order valence-corrected chi connectivity index (χ4v) is 2.52. The number of aromatic nitrogens is 1. The molecule has 0 saturated carbocycles. The number of nitrogens with one attached hydrogen (secondary N) is 1. The van der Waals surface area contributed by atoms with Crippen LogP contribution >= 0.6 is 11.3 Å². The molecule has 2 heterocycles. The van der Waals surface area contributed by atoms with Crippen LogP contribution < -0.4 is 11.1 Å². The standard InChI is InChI=1S/C12H17N3S/c1-9(3-2-6-13)15-12-10-5-8-16-11(10)4-7-14-12/h4-5,7-9H,2-3,6,13H2,1H3,(H,14,15). The van der Waals surface area contributed by atoms with E-state index in [1.807, 2.05) is 6.20 Å². The van der Waals surface area contributed by atoms with E-state index in [0.717, 1.165) is 25.2 Å². The Hall–Kier alpha value is -1.13. The number of fused-ring (bicyclic) bond motifs is 1. The van der Waals surface area contributed by atoms with Crippen molar-refractivity contribution in [2.75, 3.05) is 11.9 Å². The number of hydrogen-bond acceptors (Lipinski definition) is 4. The van der Waals surface area contributed by atoms with Gasteiger partial charge < -0.3 is 11.1 Å². The zero-order valence-corrected chi connectivity index (χ0v) is 10.3. The van der Waals surface area contributed by atoms with Crippen molar-refractivity contribution in [3.05, 3.63) is 23.7 Å². The summed E-state index contributed by atoms with van der Waals surface area (Å²) in [6.45, 7) is 2.92. The monoisotopic (exact) mass is 235 g/mol. The fourth-order valence-electron chi connectivity index (χ4n) is 1.74. The van der Waals surface area contributed by atoms with E-state index in [1.165, 1.54) is 10.1 Å². The maximum atomic E-state index is 5.50. The highest BCUT2D eigenvalue weighted by molar-refractivity contribution is 7.17. The lowest BCUT2D eigenvalue weighted by atomic mass is 10.2. The molecule has 0 radical (unpaired) electrons. The Bertz CT molecular complexity index is 452. The van der Waals surface area contributed by atoms with Crippen molar-refractivity contribution in [1.29, 1.82) is 0 Å². The second-order valence-corrected chi connectivity index (χ2v) is 4.92. The van der Waals surface area contributed by atoms with Gasteiger partial charge in [-0.15, -0.1) is 11.3 Å². The van der Waals surface area contributed by atoms with Crippen LogP contribution in [0.3, 0.4) is 0 Å². The molecule has 3 nitrogen and oxygen atoms in total. The van der Waals surface area contributed by atoms with E-state index in [-0.39, 0.29) is 0 Å². The zero-order valence-electron chi connectivity index (χ0n) is 9.44. The van der Waals surface area contributed by atoms with Gasteiger partial charge in [0, 0.05) is 22.3 Å². The van der Waals surface area contributed by atoms with Crippen LogP contribution in [0.4, 0.5) is 5.82 Å². The number of pyridine rings is 1. The average Bonchev–Trinajstić information content (AvgIpc) is 2.75. The largest absolute Gasteiger partial charge is 0.367 e. The van der Waals surface area contributed by atoms with Gasteiger partial charge in [-0.25, -0.2) is 4.98 Å². The lowest BCUT2D eigenvalue weighted by molar-refractivity contribution is 0.661. The van der Waals surface area contributed by atoms with Gasteiger partial charge in [0.05, 0.1) is 0 Å². The van der Waals surface area contributed by atoms with Crippen LogP contribution in [0.25, 0.3) is 10.1 Å². The van der Waals surface area contributed by atoms with Crippen molar-refractivity contribution >= 4 is 27.2 Å². The smallest absolute Gasteiger partial charge is 0.134 e. The summed E-state index contributed by atoms with van der Waals surface area (Å²) in [4.78, 5) is 4.39. The summed E-state index contributed by atoms with van der Waals surface area (Å²) in [5.41, 5.74) is 5.50. The molecule has 0 saturated heterocycles. The molecule has 2 aromatic rings. The Morgan fingerprint density at radius 2 is 2.38 bits per heavy atom. The molecule has 16 heavy (non-hydrogen) atoms. The fraction of sp³-hybridized carbons (Fsp3) is 0.417. The van der Waals surface area contributed by atoms with Crippen LogP contribution in [0, 0.1) is 0 Å². The van der Waals surface area contributed by atoms with Crippen molar-refractivity contribution in [1.82, 2.24) is 4.98 Å². The van der Waals surface area contributed by atoms with Gasteiger partial charge in [0.15, 0.2) is 0 Å². The molecule has 1 unspecified atom stereocenters. The third-order valence-corrected chi connectivity index (χ3v) is 3.49. The Labute approximate surface area is 99.7 Å². The number of hydrogen-bond donors (Lipinski definition) is 2. The molecular weight excluding hydrogens is 218 g/mol. The highest BCUT2D eigenvalue weighted by Gasteiger charge is 2.06. The van der Waals surface area contributed by atoms with E-state index >= 15 is 0 Å². The molecule has 2 aromatic heterocycles. The summed E-state index contributed by atoms with van der Waals surface area (Å²) in [7, 11) is 0. The Morgan fingerprint density at radius 1 is 1.50 bits per heavy atom. The third kappa shape index (κ3) is 2.51. The summed E-state index contributed by atoms with van der Waals surface area (Å²) < 4.78 is 1.28. The van der Waals surface area contributed by atoms with E-state index < -0.39 is 0 Å². The van der Waals surface area contributed by atoms with Crippen molar-refractivity contribution < 1.29 is 0 Å². The van der Waals surface area contributed by atoms with Crippen LogP contribution in [0.15, 0.2) is 23.7 Å². The summed E-state index contributed by atoms with van der Waals surface area (Å²) in [6, 6.07) is 4.59.